The number of aliphatic carboxylic acids is 1. The maximum absolute atomic E-state index is 11.4. The molecule has 0 radical (unpaired) electrons. The van der Waals surface area contributed by atoms with E-state index in [4.69, 9.17) is 44.3 Å². The number of aryl methyl sites for hydroxylation is 1. The lowest BCUT2D eigenvalue weighted by atomic mass is 9.94. The Hall–Kier alpha value is -2.74. The molecule has 0 bridgehead atoms. The van der Waals surface area contributed by atoms with Gasteiger partial charge in [0.2, 0.25) is 0 Å². The molecule has 0 amide bonds. The second-order valence-electron chi connectivity index (χ2n) is 9.75. The van der Waals surface area contributed by atoms with Gasteiger partial charge in [0.15, 0.2) is 5.75 Å². The summed E-state index contributed by atoms with van der Waals surface area (Å²) in [6.07, 6.45) is 3.36. The fourth-order valence-corrected chi connectivity index (χ4v) is 5.20. The Morgan fingerprint density at radius 3 is 2.35 bits per heavy atom. The van der Waals surface area contributed by atoms with Gasteiger partial charge in [-0.3, -0.25) is 0 Å². The molecule has 1 heterocycles. The van der Waals surface area contributed by atoms with Gasteiger partial charge in [0, 0.05) is 24.2 Å². The molecule has 9 heteroatoms. The van der Waals surface area contributed by atoms with Crippen molar-refractivity contribution in [2.75, 3.05) is 26.3 Å². The van der Waals surface area contributed by atoms with Crippen molar-refractivity contribution in [1.82, 2.24) is 10.6 Å². The van der Waals surface area contributed by atoms with Gasteiger partial charge in [-0.25, -0.2) is 4.79 Å². The third-order valence-corrected chi connectivity index (χ3v) is 7.28. The zero-order chi connectivity index (χ0) is 28.5. The Morgan fingerprint density at radius 2 is 1.70 bits per heavy atom. The standard InChI is InChI=1S/C21H21Cl2NO4.C10H12ClN/c1-13-10-18(22)20(19(23)11-13)28-9-8-27-15-4-2-14(3-5-15)16-6-7-24-12-17(16)21(25)26;11-9-3-1-2-8(6-9)7-12-10-4-5-10/h2-5,10-11,24H,6-9,12H2,1H3,(H,25,26);1-3,6,10,12H,4-5,7H2. The molecule has 5 rings (SSSR count). The van der Waals surface area contributed by atoms with E-state index in [0.29, 0.717) is 53.3 Å². The summed E-state index contributed by atoms with van der Waals surface area (Å²) in [5.41, 5.74) is 4.42. The summed E-state index contributed by atoms with van der Waals surface area (Å²) in [6, 6.07) is 19.8. The summed E-state index contributed by atoms with van der Waals surface area (Å²) in [7, 11) is 0. The predicted octanol–water partition coefficient (Wildman–Crippen LogP) is 7.18. The second-order valence-corrected chi connectivity index (χ2v) is 11.0. The molecule has 0 unspecified atom stereocenters. The maximum Gasteiger partial charge on any atom is 0.333 e. The van der Waals surface area contributed by atoms with E-state index in [2.05, 4.69) is 16.7 Å². The van der Waals surface area contributed by atoms with Crippen LogP contribution in [0.1, 0.15) is 36.0 Å². The highest BCUT2D eigenvalue weighted by Crippen LogP contribution is 2.34. The van der Waals surface area contributed by atoms with Crippen molar-refractivity contribution in [2.24, 2.45) is 0 Å². The van der Waals surface area contributed by atoms with Crippen LogP contribution in [0.3, 0.4) is 0 Å². The summed E-state index contributed by atoms with van der Waals surface area (Å²) >= 11 is 18.2. The minimum Gasteiger partial charge on any atom is -0.490 e. The average molecular weight is 604 g/mol. The number of halogens is 3. The highest BCUT2D eigenvalue weighted by molar-refractivity contribution is 6.37. The fraction of sp³-hybridized carbons (Fsp3) is 0.323. The first-order valence-corrected chi connectivity index (χ1v) is 14.4. The van der Waals surface area contributed by atoms with E-state index in [1.54, 1.807) is 12.1 Å². The Kier molecular flexibility index (Phi) is 11.2. The van der Waals surface area contributed by atoms with Gasteiger partial charge in [-0.2, -0.15) is 0 Å². The maximum atomic E-state index is 11.4. The zero-order valence-corrected chi connectivity index (χ0v) is 24.6. The molecule has 3 N–H and O–H groups in total. The fourth-order valence-electron chi connectivity index (χ4n) is 4.28. The number of carboxylic acids is 1. The lowest BCUT2D eigenvalue weighted by Gasteiger charge is -2.19. The molecule has 212 valence electrons. The van der Waals surface area contributed by atoms with E-state index in [9.17, 15) is 9.90 Å². The second kappa shape index (κ2) is 14.8. The molecule has 0 atom stereocenters. The van der Waals surface area contributed by atoms with Crippen LogP contribution in [0.25, 0.3) is 5.57 Å². The van der Waals surface area contributed by atoms with Crippen molar-refractivity contribution in [3.63, 3.8) is 0 Å². The summed E-state index contributed by atoms with van der Waals surface area (Å²) in [4.78, 5) is 11.4. The monoisotopic (exact) mass is 602 g/mol. The van der Waals surface area contributed by atoms with E-state index in [1.807, 2.05) is 49.4 Å². The van der Waals surface area contributed by atoms with Crippen LogP contribution in [0, 0.1) is 6.92 Å². The molecule has 1 aliphatic heterocycles. The molecular formula is C31H33Cl3N2O4. The normalized spacial score (nSPS) is 14.8. The molecular weight excluding hydrogens is 571 g/mol. The summed E-state index contributed by atoms with van der Waals surface area (Å²) in [5.74, 6) is 0.250. The topological polar surface area (TPSA) is 79.8 Å². The first-order valence-electron chi connectivity index (χ1n) is 13.3. The number of carbonyl (C=O) groups is 1. The number of hydrogen-bond acceptors (Lipinski definition) is 5. The Balaban J connectivity index is 0.000000255. The quantitative estimate of drug-likeness (QED) is 0.213. The Morgan fingerprint density at radius 1 is 1.00 bits per heavy atom. The largest absolute Gasteiger partial charge is 0.490 e. The van der Waals surface area contributed by atoms with Crippen molar-refractivity contribution in [3.8, 4) is 11.5 Å². The minimum absolute atomic E-state index is 0.296. The van der Waals surface area contributed by atoms with E-state index < -0.39 is 5.97 Å². The average Bonchev–Trinajstić information content (AvgIpc) is 3.76. The summed E-state index contributed by atoms with van der Waals surface area (Å²) in [6.45, 7) is 4.63. The molecule has 0 spiro atoms. The lowest BCUT2D eigenvalue weighted by molar-refractivity contribution is -0.132. The molecule has 1 saturated carbocycles. The van der Waals surface area contributed by atoms with Crippen LogP contribution in [0.4, 0.5) is 0 Å². The number of rotatable bonds is 10. The van der Waals surface area contributed by atoms with Gasteiger partial charge < -0.3 is 25.2 Å². The van der Waals surface area contributed by atoms with Crippen LogP contribution in [-0.4, -0.2) is 43.4 Å². The van der Waals surface area contributed by atoms with Gasteiger partial charge in [0.05, 0.1) is 15.6 Å². The summed E-state index contributed by atoms with van der Waals surface area (Å²) < 4.78 is 11.3. The molecule has 6 nitrogen and oxygen atoms in total. The number of benzene rings is 3. The van der Waals surface area contributed by atoms with Gasteiger partial charge in [-0.05, 0) is 91.4 Å². The predicted molar refractivity (Wildman–Crippen MR) is 162 cm³/mol. The molecule has 0 aromatic heterocycles. The van der Waals surface area contributed by atoms with E-state index in [1.165, 1.54) is 18.4 Å². The third-order valence-electron chi connectivity index (χ3n) is 6.48. The molecule has 40 heavy (non-hydrogen) atoms. The van der Waals surface area contributed by atoms with E-state index >= 15 is 0 Å². The SMILES string of the molecule is Cc1cc(Cl)c(OCCOc2ccc(C3=C(C(=O)O)CNCC3)cc2)c(Cl)c1.Clc1cccc(CNC2CC2)c1. The van der Waals surface area contributed by atoms with Crippen LogP contribution in [0.2, 0.25) is 15.1 Å². The number of ether oxygens (including phenoxy) is 2. The van der Waals surface area contributed by atoms with Crippen LogP contribution in [0.5, 0.6) is 11.5 Å². The lowest BCUT2D eigenvalue weighted by Crippen LogP contribution is -2.28. The number of carboxylic acid groups (broad SMARTS) is 1. The van der Waals surface area contributed by atoms with Gasteiger partial charge >= 0.3 is 5.97 Å². The molecule has 3 aromatic carbocycles. The number of hydrogen-bond donors (Lipinski definition) is 3. The van der Waals surface area contributed by atoms with Crippen molar-refractivity contribution in [3.05, 3.63) is 98.0 Å². The van der Waals surface area contributed by atoms with Gasteiger partial charge in [0.25, 0.3) is 0 Å². The van der Waals surface area contributed by atoms with Crippen LogP contribution in [0.15, 0.2) is 66.2 Å². The van der Waals surface area contributed by atoms with Crippen molar-refractivity contribution in [1.29, 1.82) is 0 Å². The molecule has 2 aliphatic rings. The highest BCUT2D eigenvalue weighted by Gasteiger charge is 2.20. The van der Waals surface area contributed by atoms with Gasteiger partial charge in [-0.15, -0.1) is 0 Å². The molecule has 0 saturated heterocycles. The minimum atomic E-state index is -0.881. The van der Waals surface area contributed by atoms with Gasteiger partial charge in [-0.1, -0.05) is 59.1 Å². The van der Waals surface area contributed by atoms with Gasteiger partial charge in [0.1, 0.15) is 19.0 Å². The van der Waals surface area contributed by atoms with Crippen LogP contribution >= 0.6 is 34.8 Å². The summed E-state index contributed by atoms with van der Waals surface area (Å²) in [5, 5.41) is 17.7. The van der Waals surface area contributed by atoms with Crippen molar-refractivity contribution < 1.29 is 19.4 Å². The van der Waals surface area contributed by atoms with Crippen molar-refractivity contribution >= 4 is 46.3 Å². The first kappa shape index (κ1) is 30.2. The van der Waals surface area contributed by atoms with E-state index in [-0.39, 0.29) is 0 Å². The van der Waals surface area contributed by atoms with Crippen LogP contribution < -0.4 is 20.1 Å². The molecule has 1 fully saturated rings. The van der Waals surface area contributed by atoms with Crippen LogP contribution in [-0.2, 0) is 11.3 Å². The highest BCUT2D eigenvalue weighted by atomic mass is 35.5. The molecule has 3 aromatic rings. The Bertz CT molecular complexity index is 1320. The first-order chi connectivity index (χ1) is 19.3. The van der Waals surface area contributed by atoms with E-state index in [0.717, 1.165) is 40.9 Å². The zero-order valence-electron chi connectivity index (χ0n) is 22.3. The third kappa shape index (κ3) is 9.15. The smallest absolute Gasteiger partial charge is 0.333 e. The number of nitrogens with one attached hydrogen (secondary N) is 2. The Labute approximate surface area is 250 Å². The molecule has 1 aliphatic carbocycles. The van der Waals surface area contributed by atoms with Crippen molar-refractivity contribution in [2.45, 2.75) is 38.8 Å².